The van der Waals surface area contributed by atoms with E-state index in [-0.39, 0.29) is 17.5 Å². The van der Waals surface area contributed by atoms with Crippen LogP contribution < -0.4 is 36.4 Å². The summed E-state index contributed by atoms with van der Waals surface area (Å²) in [6.07, 6.45) is 9.98. The number of nitrogens with zero attached hydrogens (tertiary/aromatic N) is 7. The Morgan fingerprint density at radius 1 is 0.909 bits per heavy atom. The maximum absolute atomic E-state index is 12.2. The van der Waals surface area contributed by atoms with Crippen molar-refractivity contribution < 1.29 is 14.4 Å². The molecule has 1 saturated carbocycles. The Bertz CT molecular complexity index is 2070. The van der Waals surface area contributed by atoms with Gasteiger partial charge in [-0.05, 0) is 61.9 Å². The first-order chi connectivity index (χ1) is 26.7. The monoisotopic (exact) mass is 767 g/mol. The van der Waals surface area contributed by atoms with Gasteiger partial charge in [-0.15, -0.1) is 5.10 Å². The number of carbonyl (C=O) groups excluding carboxylic acids is 3. The maximum Gasteiger partial charge on any atom is 0.269 e. The molecule has 3 saturated heterocycles. The van der Waals surface area contributed by atoms with E-state index in [2.05, 4.69) is 64.8 Å². The first-order valence-corrected chi connectivity index (χ1v) is 20.0. The Balaban J connectivity index is 0.00000136. The van der Waals surface area contributed by atoms with E-state index >= 15 is 0 Å². The number of hydrogen-bond donors (Lipinski definition) is 4. The summed E-state index contributed by atoms with van der Waals surface area (Å²) in [6.45, 7) is 7.85. The van der Waals surface area contributed by atoms with Gasteiger partial charge in [-0.25, -0.2) is 9.50 Å². The van der Waals surface area contributed by atoms with Gasteiger partial charge in [-0.2, -0.15) is 0 Å². The molecule has 4 fully saturated rings. The summed E-state index contributed by atoms with van der Waals surface area (Å²) >= 11 is 6.64. The van der Waals surface area contributed by atoms with Crippen LogP contribution in [0.1, 0.15) is 61.0 Å². The second-order valence-corrected chi connectivity index (χ2v) is 15.6. The number of nitrogens with one attached hydrogen (secondary N) is 3. The van der Waals surface area contributed by atoms with Crippen LogP contribution in [0, 0.1) is 5.92 Å². The highest BCUT2D eigenvalue weighted by Gasteiger charge is 2.31. The number of halogens is 1. The number of hydrogen-bond acceptors (Lipinski definition) is 11. The molecule has 9 rings (SSSR count). The number of imide groups is 1. The van der Waals surface area contributed by atoms with Gasteiger partial charge in [0.05, 0.1) is 22.6 Å². The van der Waals surface area contributed by atoms with Gasteiger partial charge in [0.25, 0.3) is 5.91 Å². The van der Waals surface area contributed by atoms with Gasteiger partial charge in [0, 0.05) is 94.5 Å². The number of amides is 3. The molecule has 0 bridgehead atoms. The molecular weight excluding hydrogens is 718 g/mol. The van der Waals surface area contributed by atoms with Crippen molar-refractivity contribution in [1.29, 1.82) is 0 Å². The number of carbonyl (C=O) groups is 3. The fourth-order valence-corrected chi connectivity index (χ4v) is 8.37. The zero-order valence-electron chi connectivity index (χ0n) is 31.4. The van der Waals surface area contributed by atoms with E-state index in [1.165, 1.54) is 41.2 Å². The number of primary amides is 1. The number of benzene rings is 2. The molecule has 15 heteroatoms. The van der Waals surface area contributed by atoms with Crippen LogP contribution in [0.2, 0.25) is 5.02 Å². The van der Waals surface area contributed by atoms with Gasteiger partial charge in [-0.3, -0.25) is 24.6 Å². The van der Waals surface area contributed by atoms with Crippen LogP contribution in [-0.2, 0) is 16.0 Å². The minimum Gasteiger partial charge on any atom is -0.385 e. The summed E-state index contributed by atoms with van der Waals surface area (Å²) in [5, 5.41) is 14.1. The number of aromatic nitrogens is 3. The maximum atomic E-state index is 12.2. The van der Waals surface area contributed by atoms with Crippen LogP contribution in [0.5, 0.6) is 0 Å². The molecule has 1 atom stereocenters. The number of nitrogens with two attached hydrogens (primary N) is 1. The lowest BCUT2D eigenvalue weighted by molar-refractivity contribution is -0.133. The number of fused-ring (bicyclic) bond motifs is 2. The highest BCUT2D eigenvalue weighted by Crippen LogP contribution is 2.41. The van der Waals surface area contributed by atoms with Gasteiger partial charge in [-0.1, -0.05) is 36.9 Å². The number of piperazine rings is 1. The summed E-state index contributed by atoms with van der Waals surface area (Å²) in [5.74, 6) is 0.301. The van der Waals surface area contributed by atoms with Gasteiger partial charge in [0.15, 0.2) is 11.5 Å². The Morgan fingerprint density at radius 3 is 2.36 bits per heavy atom. The van der Waals surface area contributed by atoms with Gasteiger partial charge >= 0.3 is 0 Å². The second kappa shape index (κ2) is 16.0. The molecule has 5 N–H and O–H groups in total. The van der Waals surface area contributed by atoms with Crippen LogP contribution in [0.25, 0.3) is 5.65 Å². The quantitative estimate of drug-likeness (QED) is 0.176. The fourth-order valence-electron chi connectivity index (χ4n) is 8.14. The van der Waals surface area contributed by atoms with E-state index in [1.54, 1.807) is 0 Å². The Kier molecular flexibility index (Phi) is 10.7. The topological polar surface area (TPSA) is 156 Å². The van der Waals surface area contributed by atoms with E-state index < -0.39 is 11.9 Å². The smallest absolute Gasteiger partial charge is 0.269 e. The number of anilines is 6. The average molecular weight is 768 g/mol. The number of imidazole rings is 1. The van der Waals surface area contributed by atoms with Crippen molar-refractivity contribution in [2.24, 2.45) is 11.7 Å². The van der Waals surface area contributed by atoms with Gasteiger partial charge in [0.2, 0.25) is 11.8 Å². The molecule has 4 aromatic rings. The van der Waals surface area contributed by atoms with E-state index in [1.807, 2.05) is 25.2 Å². The SMILES string of the molecule is C1CC1.CNc1cc(N2CCc3c(N4CCC(CN5CCN(c6ccc(NC7CCC(=O)NC7=O)c(Cl)c6)CC5)CC4)cccc32)nn2c(C(N)=O)cnc12. The molecule has 14 nitrogen and oxygen atoms in total. The van der Waals surface area contributed by atoms with Crippen molar-refractivity contribution in [2.75, 3.05) is 84.7 Å². The molecule has 55 heavy (non-hydrogen) atoms. The van der Waals surface area contributed by atoms with Crippen molar-refractivity contribution in [3.8, 4) is 0 Å². The summed E-state index contributed by atoms with van der Waals surface area (Å²) in [7, 11) is 1.83. The molecule has 5 aliphatic rings. The third kappa shape index (κ3) is 8.01. The van der Waals surface area contributed by atoms with E-state index in [4.69, 9.17) is 22.4 Å². The summed E-state index contributed by atoms with van der Waals surface area (Å²) in [5.41, 5.74) is 12.8. The predicted molar refractivity (Wildman–Crippen MR) is 217 cm³/mol. The first-order valence-electron chi connectivity index (χ1n) is 19.6. The molecule has 1 unspecified atom stereocenters. The molecule has 0 radical (unpaired) electrons. The fraction of sp³-hybridized carbons (Fsp3) is 0.475. The minimum absolute atomic E-state index is 0.232. The molecular formula is C40H50ClN11O3. The third-order valence-electron chi connectivity index (χ3n) is 11.3. The van der Waals surface area contributed by atoms with Crippen molar-refractivity contribution in [1.82, 2.24) is 24.8 Å². The molecule has 3 amide bonds. The lowest BCUT2D eigenvalue weighted by Gasteiger charge is -2.40. The summed E-state index contributed by atoms with van der Waals surface area (Å²) in [6, 6.07) is 14.0. The van der Waals surface area contributed by atoms with E-state index in [0.717, 1.165) is 94.5 Å². The van der Waals surface area contributed by atoms with Gasteiger partial charge in [0.1, 0.15) is 11.7 Å². The normalized spacial score (nSPS) is 20.2. The van der Waals surface area contributed by atoms with Crippen LogP contribution in [0.3, 0.4) is 0 Å². The Labute approximate surface area is 326 Å². The second-order valence-electron chi connectivity index (χ2n) is 15.2. The van der Waals surface area contributed by atoms with Crippen LogP contribution in [0.4, 0.5) is 34.3 Å². The highest BCUT2D eigenvalue weighted by atomic mass is 35.5. The van der Waals surface area contributed by atoms with E-state index in [9.17, 15) is 14.4 Å². The van der Waals surface area contributed by atoms with Crippen LogP contribution in [-0.4, -0.2) is 103 Å². The lowest BCUT2D eigenvalue weighted by atomic mass is 9.94. The van der Waals surface area contributed by atoms with Crippen molar-refractivity contribution in [2.45, 2.75) is 57.4 Å². The molecule has 290 valence electrons. The number of rotatable bonds is 9. The summed E-state index contributed by atoms with van der Waals surface area (Å²) < 4.78 is 1.54. The van der Waals surface area contributed by atoms with Crippen molar-refractivity contribution in [3.05, 3.63) is 64.9 Å². The standard InChI is InChI=1S/C37H44ClN11O3.C3H6/c1-40-29-20-33(44-49-32(35(39)51)21-41-36(29)49)48-14-11-25-30(3-2-4-31(25)48)47-12-9-23(10-13-47)22-45-15-17-46(18-16-45)24-5-6-27(26(38)19-24)42-28-7-8-34(50)43-37(28)52;1-2-3-1/h2-6,19-21,23,28,40,42H,7-18,22H2,1H3,(H2,39,51)(H,43,50,52);1-3H2. The Hall–Kier alpha value is -5.08. The third-order valence-corrected chi connectivity index (χ3v) is 11.7. The molecule has 0 spiro atoms. The molecule has 6 heterocycles. The van der Waals surface area contributed by atoms with Crippen molar-refractivity contribution in [3.63, 3.8) is 0 Å². The zero-order chi connectivity index (χ0) is 38.1. The van der Waals surface area contributed by atoms with Gasteiger partial charge < -0.3 is 31.1 Å². The molecule has 2 aromatic carbocycles. The Morgan fingerprint density at radius 2 is 1.67 bits per heavy atom. The lowest BCUT2D eigenvalue weighted by Crippen LogP contribution is -2.49. The average Bonchev–Trinajstić information content (AvgIpc) is 3.91. The molecule has 4 aliphatic heterocycles. The van der Waals surface area contributed by atoms with E-state index in [0.29, 0.717) is 35.1 Å². The highest BCUT2D eigenvalue weighted by molar-refractivity contribution is 6.33. The summed E-state index contributed by atoms with van der Waals surface area (Å²) in [4.78, 5) is 49.8. The van der Waals surface area contributed by atoms with Crippen LogP contribution >= 0.6 is 11.6 Å². The van der Waals surface area contributed by atoms with Crippen molar-refractivity contribution >= 4 is 69.2 Å². The first kappa shape index (κ1) is 36.9. The largest absolute Gasteiger partial charge is 0.385 e. The molecule has 2 aromatic heterocycles. The minimum atomic E-state index is -0.565. The molecule has 1 aliphatic carbocycles. The van der Waals surface area contributed by atoms with Crippen LogP contribution in [0.15, 0.2) is 48.7 Å². The zero-order valence-corrected chi connectivity index (χ0v) is 32.2. The predicted octanol–water partition coefficient (Wildman–Crippen LogP) is 4.64. The number of piperidine rings is 2.